The molecule has 154 valence electrons. The summed E-state index contributed by atoms with van der Waals surface area (Å²) in [7, 11) is 4.88. The summed E-state index contributed by atoms with van der Waals surface area (Å²) in [6, 6.07) is 13.8. The molecule has 0 spiro atoms. The lowest BCUT2D eigenvalue weighted by atomic mass is 10.1. The van der Waals surface area contributed by atoms with Gasteiger partial charge in [-0.2, -0.15) is 0 Å². The lowest BCUT2D eigenvalue weighted by molar-refractivity contribution is -0.917. The van der Waals surface area contributed by atoms with E-state index in [2.05, 4.69) is 12.1 Å². The standard InChI is InChI=1S/C23H28N2O4/c1-27-20-10-7-18(8-11-20)17-24-13-15-25(16-14-24)22(26)12-9-19-5-4-6-21(28-2)23(19)29-3/h4-12H,13-17H2,1-3H3/p+1/b12-9+. The number of benzene rings is 2. The van der Waals surface area contributed by atoms with E-state index in [1.165, 1.54) is 10.5 Å². The van der Waals surface area contributed by atoms with Crippen molar-refractivity contribution in [1.29, 1.82) is 0 Å². The van der Waals surface area contributed by atoms with E-state index in [4.69, 9.17) is 14.2 Å². The highest BCUT2D eigenvalue weighted by molar-refractivity contribution is 5.92. The molecule has 3 rings (SSSR count). The molecule has 1 N–H and O–H groups in total. The number of rotatable bonds is 7. The number of hydrogen-bond acceptors (Lipinski definition) is 4. The second-order valence-corrected chi connectivity index (χ2v) is 7.02. The van der Waals surface area contributed by atoms with Crippen LogP contribution < -0.4 is 19.1 Å². The van der Waals surface area contributed by atoms with Crippen LogP contribution in [0.25, 0.3) is 6.08 Å². The molecule has 1 saturated heterocycles. The van der Waals surface area contributed by atoms with Crippen LogP contribution in [0, 0.1) is 0 Å². The van der Waals surface area contributed by atoms with Gasteiger partial charge in [0.1, 0.15) is 12.3 Å². The smallest absolute Gasteiger partial charge is 0.246 e. The Morgan fingerprint density at radius 1 is 1.00 bits per heavy atom. The molecule has 1 aliphatic rings. The minimum absolute atomic E-state index is 0.0263. The van der Waals surface area contributed by atoms with Crippen molar-refractivity contribution in [2.75, 3.05) is 47.5 Å². The van der Waals surface area contributed by atoms with Crippen molar-refractivity contribution >= 4 is 12.0 Å². The third-order valence-electron chi connectivity index (χ3n) is 5.23. The molecule has 1 amide bonds. The first-order valence-corrected chi connectivity index (χ1v) is 9.79. The van der Waals surface area contributed by atoms with Gasteiger partial charge >= 0.3 is 0 Å². The molecular weight excluding hydrogens is 368 g/mol. The Balaban J connectivity index is 1.54. The summed E-state index contributed by atoms with van der Waals surface area (Å²) in [5, 5.41) is 0. The summed E-state index contributed by atoms with van der Waals surface area (Å²) in [4.78, 5) is 16.0. The molecule has 2 aromatic rings. The fourth-order valence-corrected chi connectivity index (χ4v) is 3.56. The molecule has 6 heteroatoms. The van der Waals surface area contributed by atoms with Crippen LogP contribution in [0.2, 0.25) is 0 Å². The molecular formula is C23H29N2O4+. The van der Waals surface area contributed by atoms with Crippen molar-refractivity contribution in [2.24, 2.45) is 0 Å². The number of methoxy groups -OCH3 is 3. The highest BCUT2D eigenvalue weighted by atomic mass is 16.5. The van der Waals surface area contributed by atoms with Gasteiger partial charge in [-0.3, -0.25) is 4.79 Å². The number of piperazine rings is 1. The Kier molecular flexibility index (Phi) is 7.14. The number of ether oxygens (including phenoxy) is 3. The normalized spacial score (nSPS) is 14.8. The van der Waals surface area contributed by atoms with Crippen LogP contribution in [0.5, 0.6) is 17.2 Å². The summed E-state index contributed by atoms with van der Waals surface area (Å²) < 4.78 is 15.9. The Morgan fingerprint density at radius 3 is 2.34 bits per heavy atom. The molecule has 0 radical (unpaired) electrons. The SMILES string of the molecule is COc1ccc(C[NH+]2CCN(C(=O)/C=C/c3cccc(OC)c3OC)CC2)cc1. The van der Waals surface area contributed by atoms with E-state index < -0.39 is 0 Å². The van der Waals surface area contributed by atoms with Crippen LogP contribution in [-0.2, 0) is 11.3 Å². The number of nitrogens with one attached hydrogen (secondary N) is 1. The van der Waals surface area contributed by atoms with Crippen molar-refractivity contribution in [3.05, 3.63) is 59.7 Å². The maximum Gasteiger partial charge on any atom is 0.246 e. The molecule has 0 saturated carbocycles. The van der Waals surface area contributed by atoms with E-state index in [0.29, 0.717) is 11.5 Å². The molecule has 6 nitrogen and oxygen atoms in total. The van der Waals surface area contributed by atoms with Gasteiger partial charge in [0, 0.05) is 17.2 Å². The minimum atomic E-state index is 0.0263. The Bertz CT molecular complexity index is 840. The van der Waals surface area contributed by atoms with Gasteiger partial charge in [-0.1, -0.05) is 12.1 Å². The molecule has 1 aliphatic heterocycles. The lowest BCUT2D eigenvalue weighted by Gasteiger charge is -2.31. The van der Waals surface area contributed by atoms with Gasteiger partial charge < -0.3 is 24.0 Å². The van der Waals surface area contributed by atoms with Crippen molar-refractivity contribution in [2.45, 2.75) is 6.54 Å². The van der Waals surface area contributed by atoms with Crippen LogP contribution >= 0.6 is 0 Å². The summed E-state index contributed by atoms with van der Waals surface area (Å²) in [6.07, 6.45) is 3.41. The Hall–Kier alpha value is -2.99. The maximum absolute atomic E-state index is 12.6. The second-order valence-electron chi connectivity index (χ2n) is 7.02. The zero-order valence-electron chi connectivity index (χ0n) is 17.3. The number of quaternary nitrogens is 1. The van der Waals surface area contributed by atoms with Gasteiger partial charge in [0.15, 0.2) is 11.5 Å². The molecule has 0 unspecified atom stereocenters. The first-order valence-electron chi connectivity index (χ1n) is 9.79. The zero-order valence-corrected chi connectivity index (χ0v) is 17.3. The molecule has 29 heavy (non-hydrogen) atoms. The molecule has 0 aromatic heterocycles. The van der Waals surface area contributed by atoms with Gasteiger partial charge in [-0.15, -0.1) is 0 Å². The van der Waals surface area contributed by atoms with Gasteiger partial charge in [0.2, 0.25) is 5.91 Å². The highest BCUT2D eigenvalue weighted by Crippen LogP contribution is 2.31. The Labute approximate surface area is 172 Å². The van der Waals surface area contributed by atoms with Crippen molar-refractivity contribution in [3.8, 4) is 17.2 Å². The van der Waals surface area contributed by atoms with Crippen LogP contribution in [0.4, 0.5) is 0 Å². The number of carbonyl (C=O) groups is 1. The highest BCUT2D eigenvalue weighted by Gasteiger charge is 2.22. The molecule has 0 bridgehead atoms. The third-order valence-corrected chi connectivity index (χ3v) is 5.23. The molecule has 1 heterocycles. The number of hydrogen-bond donors (Lipinski definition) is 1. The van der Waals surface area contributed by atoms with Crippen molar-refractivity contribution in [3.63, 3.8) is 0 Å². The first kappa shape index (κ1) is 20.7. The van der Waals surface area contributed by atoms with Crippen molar-refractivity contribution < 1.29 is 23.9 Å². The van der Waals surface area contributed by atoms with Crippen molar-refractivity contribution in [1.82, 2.24) is 4.90 Å². The van der Waals surface area contributed by atoms with E-state index in [1.54, 1.807) is 33.5 Å². The predicted octanol–water partition coefficient (Wildman–Crippen LogP) is 1.65. The van der Waals surface area contributed by atoms with E-state index >= 15 is 0 Å². The van der Waals surface area contributed by atoms with Crippen LogP contribution in [0.3, 0.4) is 0 Å². The quantitative estimate of drug-likeness (QED) is 0.722. The monoisotopic (exact) mass is 397 g/mol. The summed E-state index contributed by atoms with van der Waals surface area (Å²) in [5.41, 5.74) is 2.11. The van der Waals surface area contributed by atoms with Gasteiger partial charge in [-0.05, 0) is 36.4 Å². The van der Waals surface area contributed by atoms with Crippen LogP contribution in [0.15, 0.2) is 48.5 Å². The summed E-state index contributed by atoms with van der Waals surface area (Å²) in [5.74, 6) is 2.18. The lowest BCUT2D eigenvalue weighted by Crippen LogP contribution is -3.13. The van der Waals surface area contributed by atoms with Gasteiger partial charge in [-0.25, -0.2) is 0 Å². The topological polar surface area (TPSA) is 52.4 Å². The van der Waals surface area contributed by atoms with E-state index in [9.17, 15) is 4.79 Å². The van der Waals surface area contributed by atoms with E-state index in [0.717, 1.165) is 44.0 Å². The maximum atomic E-state index is 12.6. The fraction of sp³-hybridized carbons (Fsp3) is 0.348. The van der Waals surface area contributed by atoms with E-state index in [1.807, 2.05) is 35.2 Å². The molecule has 1 fully saturated rings. The summed E-state index contributed by atoms with van der Waals surface area (Å²) >= 11 is 0. The molecule has 0 atom stereocenters. The van der Waals surface area contributed by atoms with E-state index in [-0.39, 0.29) is 5.91 Å². The molecule has 2 aromatic carbocycles. The number of para-hydroxylation sites is 1. The van der Waals surface area contributed by atoms with Crippen LogP contribution in [-0.4, -0.2) is 58.3 Å². The third kappa shape index (κ3) is 5.29. The molecule has 0 aliphatic carbocycles. The average Bonchev–Trinajstić information content (AvgIpc) is 2.78. The largest absolute Gasteiger partial charge is 0.497 e. The number of nitrogens with zero attached hydrogens (tertiary/aromatic N) is 1. The minimum Gasteiger partial charge on any atom is -0.497 e. The predicted molar refractivity (Wildman–Crippen MR) is 113 cm³/mol. The van der Waals surface area contributed by atoms with Gasteiger partial charge in [0.05, 0.1) is 47.5 Å². The first-order chi connectivity index (χ1) is 14.1. The zero-order chi connectivity index (χ0) is 20.6. The van der Waals surface area contributed by atoms with Crippen LogP contribution in [0.1, 0.15) is 11.1 Å². The Morgan fingerprint density at radius 2 is 1.72 bits per heavy atom. The number of amides is 1. The van der Waals surface area contributed by atoms with Gasteiger partial charge in [0.25, 0.3) is 0 Å². The average molecular weight is 397 g/mol. The fourth-order valence-electron chi connectivity index (χ4n) is 3.56. The summed E-state index contributed by atoms with van der Waals surface area (Å²) in [6.45, 7) is 4.35. The second kappa shape index (κ2) is 9.98. The number of carbonyl (C=O) groups excluding carboxylic acids is 1.